The van der Waals surface area contributed by atoms with Crippen molar-refractivity contribution in [2.75, 3.05) is 5.32 Å². The van der Waals surface area contributed by atoms with Gasteiger partial charge in [-0.25, -0.2) is 8.78 Å². The summed E-state index contributed by atoms with van der Waals surface area (Å²) in [6.45, 7) is 0.431. The van der Waals surface area contributed by atoms with Crippen LogP contribution in [0.15, 0.2) is 54.7 Å². The molecule has 1 heterocycles. The van der Waals surface area contributed by atoms with Crippen LogP contribution in [-0.2, 0) is 6.54 Å². The van der Waals surface area contributed by atoms with E-state index in [-0.39, 0.29) is 0 Å². The molecular formula is C16H13F2N3. The molecule has 106 valence electrons. The average molecular weight is 285 g/mol. The topological polar surface area (TPSA) is 40.7 Å². The number of halogens is 2. The maximum absolute atomic E-state index is 13.1. The van der Waals surface area contributed by atoms with Gasteiger partial charge in [-0.15, -0.1) is 0 Å². The van der Waals surface area contributed by atoms with Crippen molar-refractivity contribution >= 4 is 5.69 Å². The van der Waals surface area contributed by atoms with Gasteiger partial charge in [-0.1, -0.05) is 18.2 Å². The molecule has 3 nitrogen and oxygen atoms in total. The lowest BCUT2D eigenvalue weighted by Crippen LogP contribution is -2.00. The predicted molar refractivity (Wildman–Crippen MR) is 77.7 cm³/mol. The minimum Gasteiger partial charge on any atom is -0.381 e. The lowest BCUT2D eigenvalue weighted by molar-refractivity contribution is 0.507. The van der Waals surface area contributed by atoms with Gasteiger partial charge in [0, 0.05) is 18.4 Å². The fourth-order valence-corrected chi connectivity index (χ4v) is 2.04. The van der Waals surface area contributed by atoms with Crippen LogP contribution >= 0.6 is 0 Å². The van der Waals surface area contributed by atoms with E-state index in [0.717, 1.165) is 23.0 Å². The second-order valence-electron chi connectivity index (χ2n) is 4.65. The second-order valence-corrected chi connectivity index (χ2v) is 4.65. The van der Waals surface area contributed by atoms with Gasteiger partial charge in [-0.05, 0) is 41.5 Å². The molecule has 5 heteroatoms. The van der Waals surface area contributed by atoms with E-state index in [9.17, 15) is 8.78 Å². The molecule has 1 aromatic heterocycles. The molecule has 3 rings (SSSR count). The highest BCUT2D eigenvalue weighted by Crippen LogP contribution is 2.19. The van der Waals surface area contributed by atoms with Gasteiger partial charge >= 0.3 is 0 Å². The van der Waals surface area contributed by atoms with Crippen LogP contribution in [-0.4, -0.2) is 10.2 Å². The standard InChI is InChI=1S/C16H13F2N3/c17-14-6-1-11(9-15(14)18)10-19-13-4-2-12(3-5-13)16-7-8-20-21-16/h1-9,19H,10H2,(H,20,21). The lowest BCUT2D eigenvalue weighted by atomic mass is 10.1. The molecule has 0 fully saturated rings. The van der Waals surface area contributed by atoms with Crippen molar-refractivity contribution in [2.45, 2.75) is 6.54 Å². The monoisotopic (exact) mass is 285 g/mol. The molecule has 2 aromatic carbocycles. The van der Waals surface area contributed by atoms with E-state index in [4.69, 9.17) is 0 Å². The zero-order valence-electron chi connectivity index (χ0n) is 11.1. The van der Waals surface area contributed by atoms with Crippen LogP contribution in [0.3, 0.4) is 0 Å². The first kappa shape index (κ1) is 13.3. The number of nitrogens with zero attached hydrogens (tertiary/aromatic N) is 1. The molecule has 0 saturated carbocycles. The summed E-state index contributed by atoms with van der Waals surface area (Å²) in [4.78, 5) is 0. The van der Waals surface area contributed by atoms with Crippen LogP contribution in [0.4, 0.5) is 14.5 Å². The number of hydrogen-bond donors (Lipinski definition) is 2. The fraction of sp³-hybridized carbons (Fsp3) is 0.0625. The zero-order chi connectivity index (χ0) is 14.7. The van der Waals surface area contributed by atoms with Gasteiger partial charge in [0.25, 0.3) is 0 Å². The quantitative estimate of drug-likeness (QED) is 0.761. The number of anilines is 1. The summed E-state index contributed by atoms with van der Waals surface area (Å²) in [5.41, 5.74) is 3.57. The SMILES string of the molecule is Fc1ccc(CNc2ccc(-c3ccn[nH]3)cc2)cc1F. The molecule has 2 N–H and O–H groups in total. The molecule has 0 aliphatic heterocycles. The van der Waals surface area contributed by atoms with Crippen molar-refractivity contribution in [2.24, 2.45) is 0 Å². The van der Waals surface area contributed by atoms with Crippen LogP contribution in [0.25, 0.3) is 11.3 Å². The number of aromatic amines is 1. The lowest BCUT2D eigenvalue weighted by Gasteiger charge is -2.07. The van der Waals surface area contributed by atoms with E-state index in [2.05, 4.69) is 15.5 Å². The van der Waals surface area contributed by atoms with E-state index < -0.39 is 11.6 Å². The van der Waals surface area contributed by atoms with Gasteiger partial charge in [-0.2, -0.15) is 5.10 Å². The van der Waals surface area contributed by atoms with Crippen LogP contribution in [0.1, 0.15) is 5.56 Å². The Labute approximate surface area is 120 Å². The molecule has 0 saturated heterocycles. The third kappa shape index (κ3) is 3.08. The van der Waals surface area contributed by atoms with E-state index >= 15 is 0 Å². The largest absolute Gasteiger partial charge is 0.381 e. The van der Waals surface area contributed by atoms with Crippen molar-refractivity contribution in [1.82, 2.24) is 10.2 Å². The van der Waals surface area contributed by atoms with Gasteiger partial charge in [0.2, 0.25) is 0 Å². The molecule has 0 atom stereocenters. The van der Waals surface area contributed by atoms with E-state index in [1.54, 1.807) is 12.3 Å². The van der Waals surface area contributed by atoms with Crippen molar-refractivity contribution in [3.8, 4) is 11.3 Å². The third-order valence-corrected chi connectivity index (χ3v) is 3.18. The Hall–Kier alpha value is -2.69. The molecule has 0 bridgehead atoms. The first-order valence-electron chi connectivity index (χ1n) is 6.50. The Morgan fingerprint density at radius 3 is 2.43 bits per heavy atom. The number of aromatic nitrogens is 2. The number of nitrogens with one attached hydrogen (secondary N) is 2. The smallest absolute Gasteiger partial charge is 0.159 e. The zero-order valence-corrected chi connectivity index (χ0v) is 11.1. The summed E-state index contributed by atoms with van der Waals surface area (Å²) < 4.78 is 25.9. The highest BCUT2D eigenvalue weighted by Gasteiger charge is 2.03. The Morgan fingerprint density at radius 1 is 0.952 bits per heavy atom. The summed E-state index contributed by atoms with van der Waals surface area (Å²) in [6, 6.07) is 13.6. The van der Waals surface area contributed by atoms with Gasteiger partial charge in [0.05, 0.1) is 5.69 Å². The van der Waals surface area contributed by atoms with Gasteiger partial charge in [0.1, 0.15) is 0 Å². The first-order valence-corrected chi connectivity index (χ1v) is 6.50. The summed E-state index contributed by atoms with van der Waals surface area (Å²) >= 11 is 0. The van der Waals surface area contributed by atoms with Crippen LogP contribution in [0, 0.1) is 11.6 Å². The summed E-state index contributed by atoms with van der Waals surface area (Å²) in [5, 5.41) is 9.97. The molecule has 0 radical (unpaired) electrons. The minimum absolute atomic E-state index is 0.431. The summed E-state index contributed by atoms with van der Waals surface area (Å²) in [6.07, 6.45) is 1.70. The van der Waals surface area contributed by atoms with Crippen molar-refractivity contribution in [1.29, 1.82) is 0 Å². The number of rotatable bonds is 4. The van der Waals surface area contributed by atoms with E-state index in [1.807, 2.05) is 30.3 Å². The third-order valence-electron chi connectivity index (χ3n) is 3.18. The molecule has 0 spiro atoms. The normalized spacial score (nSPS) is 10.6. The maximum atomic E-state index is 13.1. The van der Waals surface area contributed by atoms with E-state index in [1.165, 1.54) is 6.07 Å². The summed E-state index contributed by atoms with van der Waals surface area (Å²) in [5.74, 6) is -1.66. The molecular weight excluding hydrogens is 272 g/mol. The predicted octanol–water partition coefficient (Wildman–Crippen LogP) is 3.97. The summed E-state index contributed by atoms with van der Waals surface area (Å²) in [7, 11) is 0. The molecule has 0 aliphatic carbocycles. The van der Waals surface area contributed by atoms with Crippen LogP contribution in [0.2, 0.25) is 0 Å². The minimum atomic E-state index is -0.831. The molecule has 3 aromatic rings. The van der Waals surface area contributed by atoms with Crippen molar-refractivity contribution < 1.29 is 8.78 Å². The molecule has 0 unspecified atom stereocenters. The van der Waals surface area contributed by atoms with Crippen molar-refractivity contribution in [3.05, 3.63) is 71.9 Å². The molecule has 21 heavy (non-hydrogen) atoms. The second kappa shape index (κ2) is 5.75. The van der Waals surface area contributed by atoms with Crippen LogP contribution in [0.5, 0.6) is 0 Å². The molecule has 0 aliphatic rings. The first-order chi connectivity index (χ1) is 10.2. The average Bonchev–Trinajstić information content (AvgIpc) is 3.03. The highest BCUT2D eigenvalue weighted by molar-refractivity contribution is 5.62. The Bertz CT molecular complexity index is 722. The van der Waals surface area contributed by atoms with Crippen LogP contribution < -0.4 is 5.32 Å². The van der Waals surface area contributed by atoms with Crippen molar-refractivity contribution in [3.63, 3.8) is 0 Å². The Balaban J connectivity index is 1.66. The molecule has 0 amide bonds. The maximum Gasteiger partial charge on any atom is 0.159 e. The Morgan fingerprint density at radius 2 is 1.76 bits per heavy atom. The highest BCUT2D eigenvalue weighted by atomic mass is 19.2. The fourth-order valence-electron chi connectivity index (χ4n) is 2.04. The van der Waals surface area contributed by atoms with E-state index in [0.29, 0.717) is 12.1 Å². The van der Waals surface area contributed by atoms with Gasteiger partial charge in [0.15, 0.2) is 11.6 Å². The Kier molecular flexibility index (Phi) is 3.64. The number of benzene rings is 2. The number of H-pyrrole nitrogens is 1. The number of hydrogen-bond acceptors (Lipinski definition) is 2. The van der Waals surface area contributed by atoms with Gasteiger partial charge in [-0.3, -0.25) is 5.10 Å². The van der Waals surface area contributed by atoms with Gasteiger partial charge < -0.3 is 5.32 Å².